The van der Waals surface area contributed by atoms with E-state index in [2.05, 4.69) is 16.8 Å². The molecule has 2 heterocycles. The first-order valence-electron chi connectivity index (χ1n) is 13.4. The first kappa shape index (κ1) is 22.0. The lowest BCUT2D eigenvalue weighted by Crippen LogP contribution is -2.70. The van der Waals surface area contributed by atoms with Crippen molar-refractivity contribution in [3.05, 3.63) is 40.3 Å². The smallest absolute Gasteiger partial charge is 0.362 e. The molecule has 6 aliphatic rings. The van der Waals surface area contributed by atoms with Gasteiger partial charge in [0, 0.05) is 11.6 Å². The van der Waals surface area contributed by atoms with Crippen LogP contribution < -0.4 is 5.56 Å². The number of benzene rings is 1. The molecule has 7 atom stereocenters. The predicted octanol–water partition coefficient (Wildman–Crippen LogP) is 3.47. The molecule has 8 rings (SSSR count). The Bertz CT molecular complexity index is 1270. The van der Waals surface area contributed by atoms with Gasteiger partial charge in [0.1, 0.15) is 0 Å². The highest BCUT2D eigenvalue weighted by Gasteiger charge is 2.66. The van der Waals surface area contributed by atoms with E-state index >= 15 is 0 Å². The zero-order chi connectivity index (χ0) is 24.2. The SMILES string of the molecule is CCOC(=O)c1nc2ccccc2n([C@@]2(C)C[C@@H]3C2CCN3C23C[C@H]4C[C@@H](C2)C[C@](O)(C4)C3)c1=O. The van der Waals surface area contributed by atoms with Crippen LogP contribution in [-0.4, -0.2) is 55.9 Å². The summed E-state index contributed by atoms with van der Waals surface area (Å²) < 4.78 is 7.04. The van der Waals surface area contributed by atoms with Gasteiger partial charge in [-0.15, -0.1) is 0 Å². The summed E-state index contributed by atoms with van der Waals surface area (Å²) in [5.41, 5.74) is 0.258. The molecule has 35 heavy (non-hydrogen) atoms. The van der Waals surface area contributed by atoms with E-state index in [0.717, 1.165) is 44.2 Å². The van der Waals surface area contributed by atoms with Crippen LogP contribution in [0, 0.1) is 17.8 Å². The number of nitrogens with zero attached hydrogens (tertiary/aromatic N) is 3. The Morgan fingerprint density at radius 2 is 1.91 bits per heavy atom. The molecular weight excluding hydrogens is 442 g/mol. The number of hydrogen-bond donors (Lipinski definition) is 1. The summed E-state index contributed by atoms with van der Waals surface area (Å²) in [6.45, 7) is 5.17. The molecule has 5 aliphatic carbocycles. The number of para-hydroxylation sites is 2. The van der Waals surface area contributed by atoms with Gasteiger partial charge in [0.05, 0.1) is 28.8 Å². The van der Waals surface area contributed by atoms with Crippen LogP contribution in [-0.2, 0) is 10.3 Å². The summed E-state index contributed by atoms with van der Waals surface area (Å²) in [7, 11) is 0. The molecule has 6 fully saturated rings. The van der Waals surface area contributed by atoms with Crippen LogP contribution in [0.3, 0.4) is 0 Å². The molecule has 186 valence electrons. The second kappa shape index (κ2) is 7.16. The number of rotatable bonds is 4. The van der Waals surface area contributed by atoms with Crippen LogP contribution in [0.1, 0.15) is 75.7 Å². The van der Waals surface area contributed by atoms with E-state index < -0.39 is 11.6 Å². The van der Waals surface area contributed by atoms with E-state index in [1.807, 2.05) is 28.8 Å². The molecule has 1 N–H and O–H groups in total. The van der Waals surface area contributed by atoms with Crippen LogP contribution in [0.15, 0.2) is 29.1 Å². The number of carbonyl (C=O) groups excluding carboxylic acids is 1. The lowest BCUT2D eigenvalue weighted by atomic mass is 9.50. The minimum Gasteiger partial charge on any atom is -0.461 e. The van der Waals surface area contributed by atoms with E-state index in [1.54, 1.807) is 6.92 Å². The van der Waals surface area contributed by atoms with Gasteiger partial charge >= 0.3 is 5.97 Å². The third-order valence-electron chi connectivity index (χ3n) is 10.3. The molecule has 0 spiro atoms. The van der Waals surface area contributed by atoms with Crippen molar-refractivity contribution in [3.63, 3.8) is 0 Å². The average Bonchev–Trinajstić information content (AvgIpc) is 3.16. The highest BCUT2D eigenvalue weighted by atomic mass is 16.5. The van der Waals surface area contributed by atoms with Crippen molar-refractivity contribution < 1.29 is 14.6 Å². The van der Waals surface area contributed by atoms with Gasteiger partial charge in [0.15, 0.2) is 0 Å². The van der Waals surface area contributed by atoms with Crippen LogP contribution in [0.4, 0.5) is 0 Å². The Morgan fingerprint density at radius 1 is 1.17 bits per heavy atom. The average molecular weight is 478 g/mol. The van der Waals surface area contributed by atoms with Crippen LogP contribution in [0.25, 0.3) is 11.0 Å². The lowest BCUT2D eigenvalue weighted by molar-refractivity contribution is -0.188. The summed E-state index contributed by atoms with van der Waals surface area (Å²) in [4.78, 5) is 33.5. The van der Waals surface area contributed by atoms with Gasteiger partial charge < -0.3 is 9.84 Å². The molecule has 7 nitrogen and oxygen atoms in total. The van der Waals surface area contributed by atoms with Crippen molar-refractivity contribution in [3.8, 4) is 0 Å². The van der Waals surface area contributed by atoms with E-state index in [1.165, 1.54) is 19.3 Å². The lowest BCUT2D eigenvalue weighted by Gasteiger charge is -2.65. The molecule has 2 aromatic rings. The molecule has 0 amide bonds. The normalized spacial score (nSPS) is 41.7. The Morgan fingerprint density at radius 3 is 2.63 bits per heavy atom. The molecule has 2 unspecified atom stereocenters. The molecule has 1 aromatic carbocycles. The molecule has 7 heteroatoms. The Labute approximate surface area is 205 Å². The van der Waals surface area contributed by atoms with Crippen molar-refractivity contribution in [2.75, 3.05) is 13.2 Å². The van der Waals surface area contributed by atoms with Gasteiger partial charge in [-0.2, -0.15) is 0 Å². The van der Waals surface area contributed by atoms with E-state index in [9.17, 15) is 14.7 Å². The van der Waals surface area contributed by atoms with Crippen molar-refractivity contribution in [2.45, 2.75) is 87.9 Å². The van der Waals surface area contributed by atoms with Gasteiger partial charge in [0.2, 0.25) is 5.69 Å². The van der Waals surface area contributed by atoms with Gasteiger partial charge in [-0.05, 0) is 102 Å². The number of aromatic nitrogens is 2. The number of likely N-dealkylation sites (tertiary alicyclic amines) is 1. The predicted molar refractivity (Wildman–Crippen MR) is 131 cm³/mol. The second-order valence-electron chi connectivity index (χ2n) is 12.4. The molecule has 1 aliphatic heterocycles. The zero-order valence-corrected chi connectivity index (χ0v) is 20.7. The van der Waals surface area contributed by atoms with Crippen LogP contribution >= 0.6 is 0 Å². The van der Waals surface area contributed by atoms with Crippen LogP contribution in [0.2, 0.25) is 0 Å². The quantitative estimate of drug-likeness (QED) is 0.679. The minimum atomic E-state index is -0.647. The first-order valence-corrected chi connectivity index (χ1v) is 13.4. The highest BCUT2D eigenvalue weighted by molar-refractivity contribution is 5.89. The Hall–Kier alpha value is -2.25. The monoisotopic (exact) mass is 477 g/mol. The molecular formula is C28H35N3O4. The summed E-state index contributed by atoms with van der Waals surface area (Å²) in [5, 5.41) is 11.3. The number of hydrogen-bond acceptors (Lipinski definition) is 6. The fourth-order valence-corrected chi connectivity index (χ4v) is 9.57. The van der Waals surface area contributed by atoms with Gasteiger partial charge in [-0.3, -0.25) is 14.3 Å². The second-order valence-corrected chi connectivity index (χ2v) is 12.4. The number of carbonyl (C=O) groups is 1. The summed E-state index contributed by atoms with van der Waals surface area (Å²) >= 11 is 0. The van der Waals surface area contributed by atoms with E-state index in [-0.39, 0.29) is 28.9 Å². The Kier molecular flexibility index (Phi) is 4.50. The van der Waals surface area contributed by atoms with Crippen molar-refractivity contribution in [1.29, 1.82) is 0 Å². The van der Waals surface area contributed by atoms with Gasteiger partial charge in [-0.25, -0.2) is 9.78 Å². The van der Waals surface area contributed by atoms with Crippen molar-refractivity contribution in [1.82, 2.24) is 14.5 Å². The molecule has 5 saturated carbocycles. The first-order chi connectivity index (χ1) is 16.8. The number of esters is 1. The number of aliphatic hydroxyl groups is 1. The largest absolute Gasteiger partial charge is 0.461 e. The maximum absolute atomic E-state index is 13.7. The zero-order valence-electron chi connectivity index (χ0n) is 20.7. The molecule has 0 radical (unpaired) electrons. The molecule has 4 bridgehead atoms. The highest BCUT2D eigenvalue weighted by Crippen LogP contribution is 2.63. The van der Waals surface area contributed by atoms with Crippen molar-refractivity contribution >= 4 is 17.0 Å². The van der Waals surface area contributed by atoms with Gasteiger partial charge in [-0.1, -0.05) is 12.1 Å². The summed E-state index contributed by atoms with van der Waals surface area (Å²) in [6, 6.07) is 8.05. The molecule has 1 saturated heterocycles. The Balaban J connectivity index is 1.26. The maximum atomic E-state index is 13.7. The number of ether oxygens (including phenoxy) is 1. The fourth-order valence-electron chi connectivity index (χ4n) is 9.57. The van der Waals surface area contributed by atoms with Crippen molar-refractivity contribution in [2.24, 2.45) is 17.8 Å². The van der Waals surface area contributed by atoms with E-state index in [4.69, 9.17) is 4.74 Å². The molecule has 1 aromatic heterocycles. The standard InChI is InChI=1S/C28H35N3O4/c1-3-35-25(33)23-24(32)31(21-7-5-4-6-20(21)29-23)26(2)15-22-19(26)8-9-30(22)27-11-17-10-18(12-27)14-28(34,13-17)16-27/h4-7,17-19,22,34H,3,8-16H2,1-2H3/t17-,18+,19?,22-,26+,27?,28-/m1/s1. The maximum Gasteiger partial charge on any atom is 0.362 e. The van der Waals surface area contributed by atoms with E-state index in [0.29, 0.717) is 29.3 Å². The van der Waals surface area contributed by atoms with Gasteiger partial charge in [0.25, 0.3) is 5.56 Å². The third-order valence-corrected chi connectivity index (χ3v) is 10.3. The summed E-state index contributed by atoms with van der Waals surface area (Å²) in [5.74, 6) is 1.01. The number of fused-ring (bicyclic) bond motifs is 2. The summed E-state index contributed by atoms with van der Waals surface area (Å²) in [6.07, 6.45) is 8.53. The fraction of sp³-hybridized carbons (Fsp3) is 0.679. The minimum absolute atomic E-state index is 0.117. The topological polar surface area (TPSA) is 84.7 Å². The third kappa shape index (κ3) is 2.94. The van der Waals surface area contributed by atoms with Crippen LogP contribution in [0.5, 0.6) is 0 Å².